The minimum Gasteiger partial charge on any atom is -0.484 e. The van der Waals surface area contributed by atoms with E-state index in [-0.39, 0.29) is 31.0 Å². The molecule has 2 rings (SSSR count). The van der Waals surface area contributed by atoms with Crippen molar-refractivity contribution in [3.05, 3.63) is 62.5 Å². The second-order valence-corrected chi connectivity index (χ2v) is 8.74. The first-order valence-corrected chi connectivity index (χ1v) is 11.2. The van der Waals surface area contributed by atoms with Crippen LogP contribution in [0.25, 0.3) is 0 Å². The third kappa shape index (κ3) is 7.18. The molecule has 5 nitrogen and oxygen atoms in total. The van der Waals surface area contributed by atoms with Crippen molar-refractivity contribution in [2.24, 2.45) is 0 Å². The minimum absolute atomic E-state index is 0.0147. The zero-order valence-corrected chi connectivity index (χ0v) is 20.2. The summed E-state index contributed by atoms with van der Waals surface area (Å²) in [6, 6.07) is 11.7. The summed E-state index contributed by atoms with van der Waals surface area (Å²) < 4.78 is 6.54. The van der Waals surface area contributed by atoms with Crippen LogP contribution in [0.1, 0.15) is 32.8 Å². The second kappa shape index (κ2) is 11.6. The Morgan fingerprint density at radius 2 is 1.77 bits per heavy atom. The van der Waals surface area contributed by atoms with Crippen molar-refractivity contribution in [2.75, 3.05) is 6.61 Å². The van der Waals surface area contributed by atoms with E-state index in [0.29, 0.717) is 15.8 Å². The fraction of sp³-hybridized carbons (Fsp3) is 0.364. The Morgan fingerprint density at radius 3 is 2.37 bits per heavy atom. The van der Waals surface area contributed by atoms with Crippen molar-refractivity contribution in [2.45, 2.75) is 45.8 Å². The van der Waals surface area contributed by atoms with E-state index in [1.807, 2.05) is 26.0 Å². The maximum absolute atomic E-state index is 13.0. The number of halogens is 3. The number of nitrogens with zero attached hydrogens (tertiary/aromatic N) is 1. The van der Waals surface area contributed by atoms with Crippen LogP contribution in [0, 0.1) is 0 Å². The van der Waals surface area contributed by atoms with Gasteiger partial charge in [-0.2, -0.15) is 0 Å². The number of ether oxygens (including phenoxy) is 1. The molecule has 0 aliphatic heterocycles. The fourth-order valence-corrected chi connectivity index (χ4v) is 3.23. The number of carbonyl (C=O) groups excluding carboxylic acids is 2. The van der Waals surface area contributed by atoms with Crippen molar-refractivity contribution in [1.82, 2.24) is 10.2 Å². The van der Waals surface area contributed by atoms with Gasteiger partial charge in [0.25, 0.3) is 5.91 Å². The molecule has 30 heavy (non-hydrogen) atoms. The van der Waals surface area contributed by atoms with Crippen LogP contribution in [0.15, 0.2) is 46.9 Å². The van der Waals surface area contributed by atoms with Crippen molar-refractivity contribution in [3.8, 4) is 5.75 Å². The Bertz CT molecular complexity index is 877. The zero-order valence-electron chi connectivity index (χ0n) is 17.1. The van der Waals surface area contributed by atoms with Gasteiger partial charge in [0.05, 0.1) is 10.0 Å². The Labute approximate surface area is 195 Å². The van der Waals surface area contributed by atoms with E-state index in [0.717, 1.165) is 16.5 Å². The molecule has 2 amide bonds. The largest absolute Gasteiger partial charge is 0.484 e. The van der Waals surface area contributed by atoms with Crippen LogP contribution in [0.5, 0.6) is 5.75 Å². The lowest BCUT2D eigenvalue weighted by Gasteiger charge is -2.29. The molecule has 2 atom stereocenters. The number of nitrogens with one attached hydrogen (secondary N) is 1. The summed E-state index contributed by atoms with van der Waals surface area (Å²) in [6.07, 6.45) is 0.797. The molecule has 0 spiro atoms. The van der Waals surface area contributed by atoms with E-state index in [1.54, 1.807) is 37.3 Å². The third-order valence-corrected chi connectivity index (χ3v) is 5.95. The van der Waals surface area contributed by atoms with Crippen LogP contribution in [0.3, 0.4) is 0 Å². The smallest absolute Gasteiger partial charge is 0.261 e. The van der Waals surface area contributed by atoms with Crippen LogP contribution in [0.4, 0.5) is 0 Å². The molecule has 2 unspecified atom stereocenters. The molecular formula is C22H25BrCl2N2O3. The molecule has 0 aliphatic carbocycles. The summed E-state index contributed by atoms with van der Waals surface area (Å²) in [5.74, 6) is 0.0370. The molecule has 2 aromatic carbocycles. The van der Waals surface area contributed by atoms with Crippen molar-refractivity contribution < 1.29 is 14.3 Å². The normalized spacial score (nSPS) is 12.7. The molecule has 8 heteroatoms. The maximum atomic E-state index is 13.0. The summed E-state index contributed by atoms with van der Waals surface area (Å²) in [5.41, 5.74) is 0.768. The van der Waals surface area contributed by atoms with Gasteiger partial charge in [0.15, 0.2) is 6.61 Å². The summed E-state index contributed by atoms with van der Waals surface area (Å²) in [7, 11) is 0. The highest BCUT2D eigenvalue weighted by Gasteiger charge is 2.27. The molecule has 0 heterocycles. The summed E-state index contributed by atoms with van der Waals surface area (Å²) >= 11 is 15.5. The molecule has 2 aromatic rings. The SMILES string of the molecule is CCC(C)NC(=O)C(C)N(Cc1ccc(Cl)c(Cl)c1)C(=O)COc1ccc(Br)cc1. The summed E-state index contributed by atoms with van der Waals surface area (Å²) in [6.45, 7) is 5.62. The van der Waals surface area contributed by atoms with Gasteiger partial charge in [-0.1, -0.05) is 52.1 Å². The van der Waals surface area contributed by atoms with Gasteiger partial charge < -0.3 is 15.0 Å². The van der Waals surface area contributed by atoms with Gasteiger partial charge >= 0.3 is 0 Å². The van der Waals surface area contributed by atoms with Gasteiger partial charge in [-0.3, -0.25) is 9.59 Å². The lowest BCUT2D eigenvalue weighted by atomic mass is 10.1. The average Bonchev–Trinajstić information content (AvgIpc) is 2.73. The van der Waals surface area contributed by atoms with E-state index in [9.17, 15) is 9.59 Å². The Hall–Kier alpha value is -1.76. The van der Waals surface area contributed by atoms with E-state index < -0.39 is 6.04 Å². The molecular weight excluding hydrogens is 491 g/mol. The van der Waals surface area contributed by atoms with Gasteiger partial charge in [0, 0.05) is 17.1 Å². The number of benzene rings is 2. The Morgan fingerprint density at radius 1 is 1.10 bits per heavy atom. The van der Waals surface area contributed by atoms with Gasteiger partial charge in [0.1, 0.15) is 11.8 Å². The zero-order chi connectivity index (χ0) is 22.3. The number of hydrogen-bond donors (Lipinski definition) is 1. The van der Waals surface area contributed by atoms with E-state index in [4.69, 9.17) is 27.9 Å². The fourth-order valence-electron chi connectivity index (χ4n) is 2.64. The molecule has 0 aliphatic rings. The average molecular weight is 516 g/mol. The van der Waals surface area contributed by atoms with Crippen LogP contribution in [-0.4, -0.2) is 35.4 Å². The standard InChI is InChI=1S/C22H25BrCl2N2O3/c1-4-14(2)26-22(29)15(3)27(12-16-5-10-19(24)20(25)11-16)21(28)13-30-18-8-6-17(23)7-9-18/h5-11,14-15H,4,12-13H2,1-3H3,(H,26,29). The maximum Gasteiger partial charge on any atom is 0.261 e. The Kier molecular flexibility index (Phi) is 9.46. The number of carbonyl (C=O) groups is 2. The van der Waals surface area contributed by atoms with Gasteiger partial charge in [-0.05, 0) is 62.2 Å². The molecule has 162 valence electrons. The van der Waals surface area contributed by atoms with Crippen molar-refractivity contribution in [3.63, 3.8) is 0 Å². The third-order valence-electron chi connectivity index (χ3n) is 4.68. The van der Waals surface area contributed by atoms with Gasteiger partial charge in [-0.25, -0.2) is 0 Å². The van der Waals surface area contributed by atoms with Gasteiger partial charge in [-0.15, -0.1) is 0 Å². The Balaban J connectivity index is 2.17. The lowest BCUT2D eigenvalue weighted by Crippen LogP contribution is -2.50. The van der Waals surface area contributed by atoms with Crippen LogP contribution in [0.2, 0.25) is 10.0 Å². The molecule has 0 fully saturated rings. The lowest BCUT2D eigenvalue weighted by molar-refractivity contribution is -0.142. The van der Waals surface area contributed by atoms with E-state index in [2.05, 4.69) is 21.2 Å². The topological polar surface area (TPSA) is 58.6 Å². The van der Waals surface area contributed by atoms with E-state index >= 15 is 0 Å². The van der Waals surface area contributed by atoms with Crippen LogP contribution >= 0.6 is 39.1 Å². The molecule has 0 aromatic heterocycles. The number of rotatable bonds is 9. The van der Waals surface area contributed by atoms with Gasteiger partial charge in [0.2, 0.25) is 5.91 Å². The first-order valence-electron chi connectivity index (χ1n) is 9.63. The van der Waals surface area contributed by atoms with Crippen molar-refractivity contribution >= 4 is 50.9 Å². The predicted molar refractivity (Wildman–Crippen MR) is 124 cm³/mol. The molecule has 0 bridgehead atoms. The molecule has 0 radical (unpaired) electrons. The van der Waals surface area contributed by atoms with Crippen molar-refractivity contribution in [1.29, 1.82) is 0 Å². The summed E-state index contributed by atoms with van der Waals surface area (Å²) in [5, 5.41) is 3.75. The first kappa shape index (κ1) is 24.5. The minimum atomic E-state index is -0.686. The molecule has 0 saturated carbocycles. The number of amides is 2. The first-order chi connectivity index (χ1) is 14.2. The molecule has 0 saturated heterocycles. The predicted octanol–water partition coefficient (Wildman–Crippen LogP) is 5.47. The highest BCUT2D eigenvalue weighted by atomic mass is 79.9. The quantitative estimate of drug-likeness (QED) is 0.482. The number of hydrogen-bond acceptors (Lipinski definition) is 3. The summed E-state index contributed by atoms with van der Waals surface area (Å²) in [4.78, 5) is 27.2. The highest BCUT2D eigenvalue weighted by Crippen LogP contribution is 2.24. The highest BCUT2D eigenvalue weighted by molar-refractivity contribution is 9.10. The van der Waals surface area contributed by atoms with Crippen LogP contribution in [-0.2, 0) is 16.1 Å². The molecule has 1 N–H and O–H groups in total. The van der Waals surface area contributed by atoms with E-state index in [1.165, 1.54) is 4.90 Å². The second-order valence-electron chi connectivity index (χ2n) is 7.01. The monoisotopic (exact) mass is 514 g/mol. The van der Waals surface area contributed by atoms with Crippen LogP contribution < -0.4 is 10.1 Å².